The van der Waals surface area contributed by atoms with Crippen molar-refractivity contribution in [1.82, 2.24) is 10.2 Å². The molecule has 0 unspecified atom stereocenters. The van der Waals surface area contributed by atoms with E-state index in [-0.39, 0.29) is 5.91 Å². The first kappa shape index (κ1) is 27.6. The van der Waals surface area contributed by atoms with Crippen molar-refractivity contribution in [2.45, 2.75) is 25.7 Å². The number of hydrogen-bond donors (Lipinski definition) is 2. The quantitative estimate of drug-likeness (QED) is 0.330. The number of anilines is 1. The summed E-state index contributed by atoms with van der Waals surface area (Å²) in [6, 6.07) is 12.1. The van der Waals surface area contributed by atoms with Gasteiger partial charge in [-0.2, -0.15) is 0 Å². The van der Waals surface area contributed by atoms with Gasteiger partial charge in [0.05, 0.1) is 12.8 Å². The van der Waals surface area contributed by atoms with Gasteiger partial charge in [-0.1, -0.05) is 30.8 Å². The predicted molar refractivity (Wildman–Crippen MR) is 155 cm³/mol. The number of allylic oxidation sites excluding steroid dienone is 2. The summed E-state index contributed by atoms with van der Waals surface area (Å²) in [7, 11) is 5.70. The fourth-order valence-electron chi connectivity index (χ4n) is 4.23. The van der Waals surface area contributed by atoms with Crippen LogP contribution in [0.3, 0.4) is 0 Å². The summed E-state index contributed by atoms with van der Waals surface area (Å²) in [5, 5.41) is 6.29. The summed E-state index contributed by atoms with van der Waals surface area (Å²) in [6.07, 6.45) is 10.6. The summed E-state index contributed by atoms with van der Waals surface area (Å²) < 4.78 is 5.64. The second kappa shape index (κ2) is 13.9. The van der Waals surface area contributed by atoms with Crippen LogP contribution in [-0.2, 0) is 17.6 Å². The molecule has 1 aliphatic heterocycles. The summed E-state index contributed by atoms with van der Waals surface area (Å²) >= 11 is 0. The average Bonchev–Trinajstić information content (AvgIpc) is 2.88. The van der Waals surface area contributed by atoms with Gasteiger partial charge < -0.3 is 20.3 Å². The molecule has 37 heavy (non-hydrogen) atoms. The molecular formula is C30H37N5O2. The highest BCUT2D eigenvalue weighted by Gasteiger charge is 2.14. The van der Waals surface area contributed by atoms with Crippen molar-refractivity contribution in [3.05, 3.63) is 83.7 Å². The molecule has 1 aliphatic rings. The van der Waals surface area contributed by atoms with E-state index in [1.165, 1.54) is 11.6 Å². The summed E-state index contributed by atoms with van der Waals surface area (Å²) in [5.74, 6) is 0.362. The van der Waals surface area contributed by atoms with Crippen LogP contribution in [0.2, 0.25) is 0 Å². The van der Waals surface area contributed by atoms with E-state index in [0.717, 1.165) is 55.5 Å². The van der Waals surface area contributed by atoms with Gasteiger partial charge in [0.1, 0.15) is 11.4 Å². The molecule has 7 heteroatoms. The molecule has 1 heterocycles. The van der Waals surface area contributed by atoms with Crippen LogP contribution in [0.5, 0.6) is 5.75 Å². The van der Waals surface area contributed by atoms with Crippen molar-refractivity contribution in [3.63, 3.8) is 0 Å². The number of rotatable bonds is 11. The largest absolute Gasteiger partial charge is 0.494 e. The minimum absolute atomic E-state index is 0.269. The molecule has 0 bridgehead atoms. The van der Waals surface area contributed by atoms with Crippen molar-refractivity contribution in [1.29, 1.82) is 0 Å². The van der Waals surface area contributed by atoms with Crippen LogP contribution in [0.4, 0.5) is 11.4 Å². The molecule has 2 aromatic carbocycles. The summed E-state index contributed by atoms with van der Waals surface area (Å²) in [6.45, 7) is 9.20. The summed E-state index contributed by atoms with van der Waals surface area (Å²) in [4.78, 5) is 23.2. The third kappa shape index (κ3) is 7.75. The third-order valence-corrected chi connectivity index (χ3v) is 6.11. The van der Waals surface area contributed by atoms with Crippen LogP contribution in [0.25, 0.3) is 5.57 Å². The molecule has 3 rings (SSSR count). The van der Waals surface area contributed by atoms with Gasteiger partial charge in [0.15, 0.2) is 0 Å². The Labute approximate surface area is 220 Å². The minimum Gasteiger partial charge on any atom is -0.494 e. The number of aliphatic imine (C=N–C) groups is 2. The molecule has 2 N–H and O–H groups in total. The normalized spacial score (nSPS) is 15.1. The number of aryl methyl sites for hydroxylation is 2. The van der Waals surface area contributed by atoms with Crippen molar-refractivity contribution in [3.8, 4) is 5.75 Å². The van der Waals surface area contributed by atoms with Gasteiger partial charge >= 0.3 is 0 Å². The maximum Gasteiger partial charge on any atom is 0.247 e. The van der Waals surface area contributed by atoms with E-state index in [0.29, 0.717) is 22.8 Å². The zero-order valence-electron chi connectivity index (χ0n) is 22.1. The first-order valence-corrected chi connectivity index (χ1v) is 12.5. The highest BCUT2D eigenvalue weighted by atomic mass is 16.5. The maximum absolute atomic E-state index is 12.1. The maximum atomic E-state index is 12.1. The topological polar surface area (TPSA) is 78.3 Å². The molecule has 0 saturated carbocycles. The Bertz CT molecular complexity index is 1210. The lowest BCUT2D eigenvalue weighted by Crippen LogP contribution is -2.14. The number of fused-ring (bicyclic) bond motifs is 1. The third-order valence-electron chi connectivity index (χ3n) is 6.11. The lowest BCUT2D eigenvalue weighted by atomic mass is 9.94. The number of nitrogens with zero attached hydrogens (tertiary/aromatic N) is 3. The van der Waals surface area contributed by atoms with Crippen molar-refractivity contribution >= 4 is 35.8 Å². The van der Waals surface area contributed by atoms with Crippen molar-refractivity contribution in [2.24, 2.45) is 9.98 Å². The summed E-state index contributed by atoms with van der Waals surface area (Å²) in [5.41, 5.74) is 6.39. The van der Waals surface area contributed by atoms with Crippen LogP contribution in [0.1, 0.15) is 29.5 Å². The van der Waals surface area contributed by atoms with E-state index < -0.39 is 0 Å². The molecule has 0 saturated heterocycles. The second-order valence-corrected chi connectivity index (χ2v) is 9.04. The number of hydrogen-bond acceptors (Lipinski definition) is 6. The molecule has 0 aromatic heterocycles. The van der Waals surface area contributed by atoms with Crippen LogP contribution in [-0.4, -0.2) is 58.0 Å². The van der Waals surface area contributed by atoms with E-state index in [9.17, 15) is 4.79 Å². The fraction of sp³-hybridized carbons (Fsp3) is 0.300. The van der Waals surface area contributed by atoms with Gasteiger partial charge in [0.25, 0.3) is 0 Å². The number of methoxy groups -OCH3 is 1. The second-order valence-electron chi connectivity index (χ2n) is 9.04. The Kier molecular flexibility index (Phi) is 10.4. The number of nitrogens with one attached hydrogen (secondary N) is 2. The predicted octanol–water partition coefficient (Wildman–Crippen LogP) is 5.18. The standard InChI is InChI=1S/C30H37N5O2/c1-6-30(36)34-27-20-28(29(37-5)19-23(27)13-10-18-35(3)4)33-17-15-26(31-2)25-21-32-16-9-12-22-11-7-8-14-24(22)25/h6-8,11,14-15,17,19-21,32H,1-2,9-10,12-13,16,18H2,3-5H3,(H,34,36)/b25-21+,26-15-,33-17-. The Hall–Kier alpha value is -3.97. The first-order valence-electron chi connectivity index (χ1n) is 12.5. The van der Waals surface area contributed by atoms with Crippen LogP contribution in [0.15, 0.2) is 77.0 Å². The Morgan fingerprint density at radius 1 is 1.27 bits per heavy atom. The van der Waals surface area contributed by atoms with Gasteiger partial charge in [-0.05, 0) is 94.0 Å². The number of carbonyl (C=O) groups is 1. The molecule has 0 atom stereocenters. The van der Waals surface area contributed by atoms with E-state index in [1.54, 1.807) is 13.3 Å². The lowest BCUT2D eigenvalue weighted by molar-refractivity contribution is -0.111. The zero-order chi connectivity index (χ0) is 26.6. The molecule has 194 valence electrons. The molecule has 0 aliphatic carbocycles. The Balaban J connectivity index is 1.95. The number of benzene rings is 2. The van der Waals surface area contributed by atoms with Gasteiger partial charge in [-0.15, -0.1) is 0 Å². The van der Waals surface area contributed by atoms with Crippen LogP contribution < -0.4 is 15.4 Å². The monoisotopic (exact) mass is 499 g/mol. The van der Waals surface area contributed by atoms with E-state index in [2.05, 4.69) is 57.0 Å². The van der Waals surface area contributed by atoms with Gasteiger partial charge in [-0.3, -0.25) is 14.8 Å². The van der Waals surface area contributed by atoms with E-state index in [4.69, 9.17) is 4.74 Å². The average molecular weight is 500 g/mol. The molecular weight excluding hydrogens is 462 g/mol. The van der Waals surface area contributed by atoms with Crippen LogP contribution in [0, 0.1) is 0 Å². The number of ether oxygens (including phenoxy) is 1. The van der Waals surface area contributed by atoms with Gasteiger partial charge in [0.2, 0.25) is 5.91 Å². The number of amides is 1. The van der Waals surface area contributed by atoms with Gasteiger partial charge in [-0.25, -0.2) is 0 Å². The highest BCUT2D eigenvalue weighted by molar-refractivity contribution is 6.00. The van der Waals surface area contributed by atoms with Gasteiger partial charge in [0, 0.05) is 30.2 Å². The van der Waals surface area contributed by atoms with Crippen molar-refractivity contribution < 1.29 is 9.53 Å². The molecule has 0 fully saturated rings. The van der Waals surface area contributed by atoms with Crippen molar-refractivity contribution in [2.75, 3.05) is 39.6 Å². The molecule has 1 amide bonds. The zero-order valence-corrected chi connectivity index (χ0v) is 22.1. The Morgan fingerprint density at radius 3 is 2.81 bits per heavy atom. The Morgan fingerprint density at radius 2 is 2.08 bits per heavy atom. The molecule has 7 nitrogen and oxygen atoms in total. The molecule has 0 radical (unpaired) electrons. The van der Waals surface area contributed by atoms with E-state index >= 15 is 0 Å². The van der Waals surface area contributed by atoms with Crippen LogP contribution >= 0.6 is 0 Å². The molecule has 2 aromatic rings. The highest BCUT2D eigenvalue weighted by Crippen LogP contribution is 2.35. The smallest absolute Gasteiger partial charge is 0.247 e. The SMILES string of the molecule is C=CC(=O)Nc1cc(\N=C/C=C(N=C)/C2=C/NCCCc3ccccc32)c(OC)cc1CCCN(C)C. The first-order chi connectivity index (χ1) is 18.0. The number of carbonyl (C=O) groups excluding carboxylic acids is 1. The lowest BCUT2D eigenvalue weighted by Gasteiger charge is -2.17. The fourth-order valence-corrected chi connectivity index (χ4v) is 4.23. The molecule has 0 spiro atoms. The minimum atomic E-state index is -0.269. The van der Waals surface area contributed by atoms with E-state index in [1.807, 2.05) is 44.6 Å².